The molecule has 0 aliphatic rings. The van der Waals surface area contributed by atoms with E-state index in [1.807, 2.05) is 0 Å². The molecule has 0 aliphatic heterocycles. The van der Waals surface area contributed by atoms with Gasteiger partial charge in [0.2, 0.25) is 0 Å². The first-order valence-corrected chi connectivity index (χ1v) is 23.9. The summed E-state index contributed by atoms with van der Waals surface area (Å²) in [7, 11) is 0. The van der Waals surface area contributed by atoms with Gasteiger partial charge < -0.3 is 9.90 Å². The lowest BCUT2D eigenvalue weighted by molar-refractivity contribution is -0.312. The molecule has 0 bridgehead atoms. The van der Waals surface area contributed by atoms with Gasteiger partial charge in [0.05, 0.1) is 0 Å². The molecule has 0 saturated carbocycles. The second-order valence-electron chi connectivity index (χ2n) is 16.7. The van der Waals surface area contributed by atoms with E-state index in [1.54, 1.807) is 0 Å². The van der Waals surface area contributed by atoms with Crippen LogP contribution in [0, 0.1) is 5.92 Å². The minimum absolute atomic E-state index is 0.211. The zero-order valence-corrected chi connectivity index (χ0v) is 35.0. The molecule has 50 heavy (non-hydrogen) atoms. The summed E-state index contributed by atoms with van der Waals surface area (Å²) in [6, 6.07) is 0. The average molecular weight is 704 g/mol. The fourth-order valence-electron chi connectivity index (χ4n) is 8.03. The van der Waals surface area contributed by atoms with Crippen LogP contribution in [0.1, 0.15) is 296 Å². The third-order valence-corrected chi connectivity index (χ3v) is 11.6. The van der Waals surface area contributed by atoms with E-state index in [0.717, 1.165) is 25.7 Å². The summed E-state index contributed by atoms with van der Waals surface area (Å²) < 4.78 is 0. The molecule has 0 aromatic carbocycles. The molecule has 0 aromatic heterocycles. The van der Waals surface area contributed by atoms with Crippen LogP contribution in [0.3, 0.4) is 0 Å². The van der Waals surface area contributed by atoms with E-state index < -0.39 is 5.97 Å². The normalized spacial score (nSPS) is 12.2. The SMILES string of the molecule is CCCCCCCCCCCCCCCCCCCCCCCCCCCCCCCCC(CCCCCCCCCCCCCC)C(=O)[O-]. The Morgan fingerprint density at radius 3 is 0.560 bits per heavy atom. The number of carbonyl (C=O) groups is 1. The molecular weight excluding hydrogens is 609 g/mol. The summed E-state index contributed by atoms with van der Waals surface area (Å²) in [6.45, 7) is 4.58. The van der Waals surface area contributed by atoms with Gasteiger partial charge in [0.25, 0.3) is 0 Å². The second kappa shape index (κ2) is 44.6. The number of rotatable bonds is 45. The Balaban J connectivity index is 3.27. The number of carbonyl (C=O) groups excluding carboxylic acids is 1. The van der Waals surface area contributed by atoms with Gasteiger partial charge in [-0.15, -0.1) is 0 Å². The fourth-order valence-corrected chi connectivity index (χ4v) is 8.03. The Morgan fingerprint density at radius 2 is 0.420 bits per heavy atom. The van der Waals surface area contributed by atoms with Gasteiger partial charge >= 0.3 is 0 Å². The van der Waals surface area contributed by atoms with E-state index in [4.69, 9.17) is 0 Å². The van der Waals surface area contributed by atoms with Crippen molar-refractivity contribution in [2.24, 2.45) is 5.92 Å². The van der Waals surface area contributed by atoms with E-state index in [2.05, 4.69) is 13.8 Å². The molecule has 0 rings (SSSR count). The number of carboxylic acids is 1. The van der Waals surface area contributed by atoms with Crippen molar-refractivity contribution in [3.05, 3.63) is 0 Å². The predicted octanol–water partition coefficient (Wildman–Crippen LogP) is 16.6. The van der Waals surface area contributed by atoms with Crippen LogP contribution in [0.25, 0.3) is 0 Å². The zero-order chi connectivity index (χ0) is 36.3. The molecule has 1 atom stereocenters. The number of aliphatic carboxylic acids is 1. The van der Waals surface area contributed by atoms with Gasteiger partial charge in [-0.3, -0.25) is 0 Å². The maximum absolute atomic E-state index is 11.6. The van der Waals surface area contributed by atoms with Crippen molar-refractivity contribution in [1.82, 2.24) is 0 Å². The van der Waals surface area contributed by atoms with Crippen LogP contribution in [0.4, 0.5) is 0 Å². The number of hydrogen-bond donors (Lipinski definition) is 0. The minimum Gasteiger partial charge on any atom is -0.550 e. The number of carboxylic acid groups (broad SMARTS) is 1. The molecule has 0 saturated heterocycles. The van der Waals surface area contributed by atoms with Gasteiger partial charge in [-0.2, -0.15) is 0 Å². The molecule has 0 spiro atoms. The fraction of sp³-hybridized carbons (Fsp3) is 0.979. The summed E-state index contributed by atoms with van der Waals surface area (Å²) >= 11 is 0. The molecule has 1 unspecified atom stereocenters. The summed E-state index contributed by atoms with van der Waals surface area (Å²) in [5.74, 6) is -1.01. The van der Waals surface area contributed by atoms with Crippen LogP contribution in [0.2, 0.25) is 0 Å². The van der Waals surface area contributed by atoms with Crippen LogP contribution in [0.15, 0.2) is 0 Å². The van der Waals surface area contributed by atoms with E-state index >= 15 is 0 Å². The highest BCUT2D eigenvalue weighted by Gasteiger charge is 2.09. The van der Waals surface area contributed by atoms with E-state index in [9.17, 15) is 9.90 Å². The summed E-state index contributed by atoms with van der Waals surface area (Å²) in [6.07, 6.45) is 60.2. The third-order valence-electron chi connectivity index (χ3n) is 11.6. The standard InChI is InChI=1S/C48H96O2/c1-3-5-7-9-11-13-15-17-18-19-20-21-22-23-24-25-26-27-28-29-30-31-32-33-34-36-38-40-42-44-46-47(48(49)50)45-43-41-39-37-35-16-14-12-10-8-6-4-2/h47H,3-46H2,1-2H3,(H,49,50)/p-1. The first-order valence-electron chi connectivity index (χ1n) is 23.9. The highest BCUT2D eigenvalue weighted by Crippen LogP contribution is 2.20. The maximum atomic E-state index is 11.6. The summed E-state index contributed by atoms with van der Waals surface area (Å²) in [5, 5.41) is 11.6. The molecule has 0 N–H and O–H groups in total. The highest BCUT2D eigenvalue weighted by atomic mass is 16.4. The minimum atomic E-state index is -0.802. The second-order valence-corrected chi connectivity index (χ2v) is 16.7. The molecule has 0 aromatic rings. The topological polar surface area (TPSA) is 40.1 Å². The maximum Gasteiger partial charge on any atom is 0.0445 e. The van der Waals surface area contributed by atoms with Crippen LogP contribution < -0.4 is 5.11 Å². The lowest BCUT2D eigenvalue weighted by atomic mass is 9.94. The first kappa shape index (κ1) is 49.5. The highest BCUT2D eigenvalue weighted by molar-refractivity contribution is 5.67. The lowest BCUT2D eigenvalue weighted by Crippen LogP contribution is -2.31. The van der Waals surface area contributed by atoms with Crippen molar-refractivity contribution >= 4 is 5.97 Å². The van der Waals surface area contributed by atoms with E-state index in [0.29, 0.717) is 0 Å². The van der Waals surface area contributed by atoms with Gasteiger partial charge in [-0.05, 0) is 18.8 Å². The summed E-state index contributed by atoms with van der Waals surface area (Å²) in [4.78, 5) is 11.6. The third kappa shape index (κ3) is 41.9. The van der Waals surface area contributed by atoms with E-state index in [-0.39, 0.29) is 5.92 Å². The predicted molar refractivity (Wildman–Crippen MR) is 223 cm³/mol. The van der Waals surface area contributed by atoms with Gasteiger partial charge in [0, 0.05) is 5.97 Å². The molecule has 2 nitrogen and oxygen atoms in total. The zero-order valence-electron chi connectivity index (χ0n) is 35.0. The Kier molecular flexibility index (Phi) is 44.2. The van der Waals surface area contributed by atoms with Crippen LogP contribution in [0.5, 0.6) is 0 Å². The van der Waals surface area contributed by atoms with Gasteiger partial charge in [0.15, 0.2) is 0 Å². The molecule has 2 heteroatoms. The van der Waals surface area contributed by atoms with Crippen molar-refractivity contribution in [2.75, 3.05) is 0 Å². The Morgan fingerprint density at radius 1 is 0.280 bits per heavy atom. The quantitative estimate of drug-likeness (QED) is 0.0592. The molecule has 0 amide bonds. The van der Waals surface area contributed by atoms with Gasteiger partial charge in [-0.1, -0.05) is 284 Å². The first-order chi connectivity index (χ1) is 24.7. The molecule has 300 valence electrons. The van der Waals surface area contributed by atoms with Gasteiger partial charge in [-0.25, -0.2) is 0 Å². The molecule has 0 radical (unpaired) electrons. The largest absolute Gasteiger partial charge is 0.550 e. The smallest absolute Gasteiger partial charge is 0.0445 e. The van der Waals surface area contributed by atoms with Crippen molar-refractivity contribution in [2.45, 2.75) is 296 Å². The van der Waals surface area contributed by atoms with Crippen LogP contribution in [-0.4, -0.2) is 5.97 Å². The van der Waals surface area contributed by atoms with Gasteiger partial charge in [0.1, 0.15) is 0 Å². The van der Waals surface area contributed by atoms with Crippen LogP contribution in [-0.2, 0) is 4.79 Å². The molecule has 0 heterocycles. The molecule has 0 fully saturated rings. The average Bonchev–Trinajstić information content (AvgIpc) is 3.11. The number of unbranched alkanes of at least 4 members (excludes halogenated alkanes) is 40. The lowest BCUT2D eigenvalue weighted by Gasteiger charge is -2.17. The summed E-state index contributed by atoms with van der Waals surface area (Å²) in [5.41, 5.74) is 0. The molecule has 0 aliphatic carbocycles. The number of hydrogen-bond acceptors (Lipinski definition) is 2. The Bertz CT molecular complexity index is 615. The molecular formula is C48H95O2-. The van der Waals surface area contributed by atoms with E-state index in [1.165, 1.54) is 257 Å². The van der Waals surface area contributed by atoms with Crippen molar-refractivity contribution in [3.8, 4) is 0 Å². The van der Waals surface area contributed by atoms with Crippen molar-refractivity contribution in [1.29, 1.82) is 0 Å². The van der Waals surface area contributed by atoms with Crippen LogP contribution >= 0.6 is 0 Å². The van der Waals surface area contributed by atoms with Crippen molar-refractivity contribution in [3.63, 3.8) is 0 Å². The monoisotopic (exact) mass is 704 g/mol. The van der Waals surface area contributed by atoms with Crippen molar-refractivity contribution < 1.29 is 9.90 Å². The Labute approximate surface area is 317 Å². The Hall–Kier alpha value is -0.530.